The molecular weight excluding hydrogens is 291 g/mol. The van der Waals surface area contributed by atoms with E-state index in [2.05, 4.69) is 25.8 Å². The molecule has 0 N–H and O–H groups in total. The molecule has 2 aromatic rings. The van der Waals surface area contributed by atoms with Gasteiger partial charge in [-0.1, -0.05) is 20.8 Å². The monoisotopic (exact) mass is 314 g/mol. The zero-order chi connectivity index (χ0) is 17.2. The molecule has 0 fully saturated rings. The van der Waals surface area contributed by atoms with Crippen LogP contribution >= 0.6 is 0 Å². The van der Waals surface area contributed by atoms with Gasteiger partial charge in [0.15, 0.2) is 0 Å². The Hall–Kier alpha value is -2.23. The van der Waals surface area contributed by atoms with Crippen LogP contribution in [0.3, 0.4) is 0 Å². The van der Waals surface area contributed by atoms with E-state index in [-0.39, 0.29) is 17.1 Å². The number of pyridine rings is 1. The average Bonchev–Trinajstić information content (AvgIpc) is 2.44. The number of rotatable bonds is 3. The van der Waals surface area contributed by atoms with Gasteiger partial charge < -0.3 is 4.90 Å². The van der Waals surface area contributed by atoms with Crippen molar-refractivity contribution in [2.75, 3.05) is 11.4 Å². The minimum absolute atomic E-state index is 0.0859. The number of nitrogens with zero attached hydrogens (tertiary/aromatic N) is 2. The second-order valence-electron chi connectivity index (χ2n) is 7.07. The van der Waals surface area contributed by atoms with Gasteiger partial charge in [0.2, 0.25) is 0 Å². The number of hydrogen-bond acceptors (Lipinski definition) is 2. The van der Waals surface area contributed by atoms with Gasteiger partial charge in [0.05, 0.1) is 0 Å². The first kappa shape index (κ1) is 17.1. The lowest BCUT2D eigenvalue weighted by Crippen LogP contribution is -2.38. The minimum Gasteiger partial charge on any atom is -0.308 e. The maximum atomic E-state index is 13.4. The van der Waals surface area contributed by atoms with Crippen LogP contribution in [-0.2, 0) is 0 Å². The number of anilines is 1. The van der Waals surface area contributed by atoms with Crippen molar-refractivity contribution in [3.8, 4) is 0 Å². The van der Waals surface area contributed by atoms with Gasteiger partial charge in [-0.3, -0.25) is 9.78 Å². The Morgan fingerprint density at radius 1 is 1.17 bits per heavy atom. The van der Waals surface area contributed by atoms with Crippen molar-refractivity contribution in [2.24, 2.45) is 5.41 Å². The van der Waals surface area contributed by atoms with E-state index in [0.717, 1.165) is 16.8 Å². The Morgan fingerprint density at radius 3 is 2.43 bits per heavy atom. The highest BCUT2D eigenvalue weighted by atomic mass is 19.1. The third-order valence-electron chi connectivity index (χ3n) is 3.58. The van der Waals surface area contributed by atoms with Crippen LogP contribution in [-0.4, -0.2) is 17.4 Å². The van der Waals surface area contributed by atoms with Crippen molar-refractivity contribution >= 4 is 11.6 Å². The molecule has 0 atom stereocenters. The van der Waals surface area contributed by atoms with Gasteiger partial charge in [-0.2, -0.15) is 0 Å². The Morgan fingerprint density at radius 2 is 1.87 bits per heavy atom. The molecule has 122 valence electrons. The first-order chi connectivity index (χ1) is 10.7. The molecule has 0 unspecified atom stereocenters. The van der Waals surface area contributed by atoms with E-state index in [0.29, 0.717) is 12.1 Å². The predicted octanol–water partition coefficient (Wildman–Crippen LogP) is 4.53. The van der Waals surface area contributed by atoms with E-state index in [9.17, 15) is 9.18 Å². The lowest BCUT2D eigenvalue weighted by atomic mass is 9.94. The van der Waals surface area contributed by atoms with E-state index in [4.69, 9.17) is 0 Å². The fraction of sp³-hybridized carbons (Fsp3) is 0.368. The third kappa shape index (κ3) is 4.15. The van der Waals surface area contributed by atoms with Crippen molar-refractivity contribution in [2.45, 2.75) is 34.6 Å². The molecule has 0 aliphatic rings. The highest BCUT2D eigenvalue weighted by Gasteiger charge is 2.25. The molecular formula is C19H23FN2O. The van der Waals surface area contributed by atoms with Crippen molar-refractivity contribution in [1.29, 1.82) is 0 Å². The maximum absolute atomic E-state index is 13.4. The average molecular weight is 314 g/mol. The van der Waals surface area contributed by atoms with Crippen LogP contribution in [0, 0.1) is 25.1 Å². The quantitative estimate of drug-likeness (QED) is 0.834. The molecule has 0 aliphatic heterocycles. The number of carbonyl (C=O) groups is 1. The van der Waals surface area contributed by atoms with E-state index in [1.165, 1.54) is 12.1 Å². The summed E-state index contributed by atoms with van der Waals surface area (Å²) in [4.78, 5) is 18.9. The van der Waals surface area contributed by atoms with E-state index >= 15 is 0 Å². The number of halogens is 1. The third-order valence-corrected chi connectivity index (χ3v) is 3.58. The SMILES string of the molecule is Cc1cnccc1C(=O)N(CC(C)(C)C)c1ccc(F)cc1C. The highest BCUT2D eigenvalue weighted by Crippen LogP contribution is 2.27. The van der Waals surface area contributed by atoms with E-state index in [1.54, 1.807) is 29.4 Å². The molecule has 1 amide bonds. The summed E-state index contributed by atoms with van der Waals surface area (Å²) >= 11 is 0. The first-order valence-electron chi connectivity index (χ1n) is 7.68. The second-order valence-corrected chi connectivity index (χ2v) is 7.07. The topological polar surface area (TPSA) is 33.2 Å². The predicted molar refractivity (Wildman–Crippen MR) is 91.2 cm³/mol. The van der Waals surface area contributed by atoms with E-state index in [1.807, 2.05) is 13.8 Å². The minimum atomic E-state index is -0.297. The van der Waals surface area contributed by atoms with Gasteiger partial charge in [-0.15, -0.1) is 0 Å². The number of carbonyl (C=O) groups excluding carboxylic acids is 1. The van der Waals surface area contributed by atoms with Gasteiger partial charge in [0.25, 0.3) is 5.91 Å². The molecule has 0 saturated heterocycles. The Balaban J connectivity index is 2.50. The number of hydrogen-bond donors (Lipinski definition) is 0. The van der Waals surface area contributed by atoms with Crippen molar-refractivity contribution in [1.82, 2.24) is 4.98 Å². The summed E-state index contributed by atoms with van der Waals surface area (Å²) in [7, 11) is 0. The molecule has 0 bridgehead atoms. The molecule has 1 aromatic heterocycles. The first-order valence-corrected chi connectivity index (χ1v) is 7.68. The molecule has 3 nitrogen and oxygen atoms in total. The van der Waals surface area contributed by atoms with Crippen molar-refractivity contribution < 1.29 is 9.18 Å². The molecule has 23 heavy (non-hydrogen) atoms. The summed E-state index contributed by atoms with van der Waals surface area (Å²) in [5.41, 5.74) is 2.85. The standard InChI is InChI=1S/C19H23FN2O/c1-13-10-15(20)6-7-17(13)22(12-19(3,4)5)18(23)16-8-9-21-11-14(16)2/h6-11H,12H2,1-5H3. The van der Waals surface area contributed by atoms with E-state index < -0.39 is 0 Å². The highest BCUT2D eigenvalue weighted by molar-refractivity contribution is 6.07. The number of amides is 1. The number of benzene rings is 1. The van der Waals surface area contributed by atoms with Crippen LogP contribution in [0.15, 0.2) is 36.7 Å². The largest absolute Gasteiger partial charge is 0.308 e. The fourth-order valence-corrected chi connectivity index (χ4v) is 2.52. The Labute approximate surface area is 137 Å². The van der Waals surface area contributed by atoms with Crippen molar-refractivity contribution in [3.63, 3.8) is 0 Å². The van der Waals surface area contributed by atoms with Gasteiger partial charge in [0.1, 0.15) is 5.82 Å². The molecule has 0 aliphatic carbocycles. The van der Waals surface area contributed by atoms with Crippen molar-refractivity contribution in [3.05, 3.63) is 59.2 Å². The summed E-state index contributed by atoms with van der Waals surface area (Å²) in [6.45, 7) is 10.5. The number of aromatic nitrogens is 1. The smallest absolute Gasteiger partial charge is 0.258 e. The summed E-state index contributed by atoms with van der Waals surface area (Å²) in [5.74, 6) is -0.385. The van der Waals surface area contributed by atoms with Gasteiger partial charge in [-0.25, -0.2) is 4.39 Å². The lowest BCUT2D eigenvalue weighted by Gasteiger charge is -2.31. The summed E-state index contributed by atoms with van der Waals surface area (Å²) in [6, 6.07) is 6.25. The molecule has 0 saturated carbocycles. The normalized spacial score (nSPS) is 11.4. The van der Waals surface area contributed by atoms with Crippen LogP contribution in [0.1, 0.15) is 42.3 Å². The summed E-state index contributed by atoms with van der Waals surface area (Å²) in [5, 5.41) is 0. The molecule has 0 radical (unpaired) electrons. The van der Waals surface area contributed by atoms with Gasteiger partial charge in [-0.05, 0) is 54.7 Å². The molecule has 4 heteroatoms. The molecule has 2 rings (SSSR count). The van der Waals surface area contributed by atoms with Crippen LogP contribution < -0.4 is 4.90 Å². The molecule has 1 aromatic carbocycles. The lowest BCUT2D eigenvalue weighted by molar-refractivity contribution is 0.0976. The maximum Gasteiger partial charge on any atom is 0.258 e. The summed E-state index contributed by atoms with van der Waals surface area (Å²) in [6.07, 6.45) is 3.30. The zero-order valence-corrected chi connectivity index (χ0v) is 14.4. The molecule has 0 spiro atoms. The molecule has 1 heterocycles. The second kappa shape index (κ2) is 6.49. The van der Waals surface area contributed by atoms with Gasteiger partial charge >= 0.3 is 0 Å². The Kier molecular flexibility index (Phi) is 4.83. The van der Waals surface area contributed by atoms with Crippen LogP contribution in [0.2, 0.25) is 0 Å². The number of aryl methyl sites for hydroxylation is 2. The van der Waals surface area contributed by atoms with Gasteiger partial charge in [0, 0.05) is 30.2 Å². The van der Waals surface area contributed by atoms with Crippen LogP contribution in [0.4, 0.5) is 10.1 Å². The summed E-state index contributed by atoms with van der Waals surface area (Å²) < 4.78 is 13.4. The van der Waals surface area contributed by atoms with Crippen LogP contribution in [0.25, 0.3) is 0 Å². The Bertz CT molecular complexity index is 720. The van der Waals surface area contributed by atoms with Crippen LogP contribution in [0.5, 0.6) is 0 Å². The fourth-order valence-electron chi connectivity index (χ4n) is 2.52. The zero-order valence-electron chi connectivity index (χ0n) is 14.4.